The number of nitrogens with zero attached hydrogens (tertiary/aromatic N) is 1. The highest BCUT2D eigenvalue weighted by Gasteiger charge is 2.42. The number of ketones is 1. The molecule has 1 aliphatic heterocycles. The largest absolute Gasteiger partial charge is 0.493 e. The quantitative estimate of drug-likeness (QED) is 0.608. The number of benzene rings is 1. The summed E-state index contributed by atoms with van der Waals surface area (Å²) in [6.45, 7) is 7.03. The molecule has 2 aliphatic rings. The molecule has 8 heteroatoms. The maximum Gasteiger partial charge on any atom is 0.410 e. The molecule has 0 bridgehead atoms. The van der Waals surface area contributed by atoms with Crippen molar-refractivity contribution in [3.05, 3.63) is 41.9 Å². The molecule has 1 amide bonds. The molecule has 3 rings (SSSR count). The van der Waals surface area contributed by atoms with Crippen molar-refractivity contribution >= 4 is 17.8 Å². The van der Waals surface area contributed by atoms with Gasteiger partial charge in [0.1, 0.15) is 24.2 Å². The van der Waals surface area contributed by atoms with Crippen molar-refractivity contribution in [2.75, 3.05) is 19.7 Å². The van der Waals surface area contributed by atoms with Crippen molar-refractivity contribution in [2.24, 2.45) is 5.92 Å². The predicted octanol–water partition coefficient (Wildman–Crippen LogP) is 3.70. The number of carbonyl (C=O) groups excluding carboxylic acids is 3. The number of fused-ring (bicyclic) bond motifs is 1. The van der Waals surface area contributed by atoms with Gasteiger partial charge >= 0.3 is 12.1 Å². The number of Topliss-reactive ketones (excluding diaryl/α,β-unsaturated/α-hetero) is 1. The van der Waals surface area contributed by atoms with Gasteiger partial charge in [-0.3, -0.25) is 4.79 Å². The minimum absolute atomic E-state index is 0.126. The van der Waals surface area contributed by atoms with E-state index in [4.69, 9.17) is 18.9 Å². The van der Waals surface area contributed by atoms with Crippen molar-refractivity contribution in [2.45, 2.75) is 52.2 Å². The molecular weight excluding hydrogens is 402 g/mol. The van der Waals surface area contributed by atoms with Gasteiger partial charge in [0.15, 0.2) is 0 Å². The number of hydrogen-bond acceptors (Lipinski definition) is 7. The lowest BCUT2D eigenvalue weighted by molar-refractivity contribution is -0.132. The predicted molar refractivity (Wildman–Crippen MR) is 112 cm³/mol. The molecule has 0 N–H and O–H groups in total. The first-order valence-electron chi connectivity index (χ1n) is 10.8. The van der Waals surface area contributed by atoms with Gasteiger partial charge in [-0.2, -0.15) is 0 Å². The molecule has 1 fully saturated rings. The lowest BCUT2D eigenvalue weighted by Gasteiger charge is -2.37. The van der Waals surface area contributed by atoms with Gasteiger partial charge in [0.25, 0.3) is 0 Å². The number of allylic oxidation sites excluding steroid dienone is 1. The lowest BCUT2D eigenvalue weighted by atomic mass is 9.80. The molecule has 0 spiro atoms. The number of carbonyl (C=O) groups is 3. The molecule has 1 aromatic rings. The number of hydrogen-bond donors (Lipinski definition) is 0. The minimum atomic E-state index is -0.411. The Labute approximate surface area is 182 Å². The second-order valence-corrected chi connectivity index (χ2v) is 7.47. The van der Waals surface area contributed by atoms with E-state index in [1.54, 1.807) is 36.1 Å². The molecule has 1 heterocycles. The van der Waals surface area contributed by atoms with Gasteiger partial charge in [-0.15, -0.1) is 0 Å². The van der Waals surface area contributed by atoms with Gasteiger partial charge in [0, 0.05) is 19.5 Å². The number of amides is 1. The highest BCUT2D eigenvalue weighted by molar-refractivity contribution is 5.96. The lowest BCUT2D eigenvalue weighted by Crippen LogP contribution is -2.44. The highest BCUT2D eigenvalue weighted by Crippen LogP contribution is 2.35. The van der Waals surface area contributed by atoms with Gasteiger partial charge in [0.05, 0.1) is 18.1 Å². The van der Waals surface area contributed by atoms with E-state index in [0.717, 1.165) is 0 Å². The second kappa shape index (κ2) is 10.3. The van der Waals surface area contributed by atoms with Gasteiger partial charge in [-0.25, -0.2) is 9.59 Å². The third-order valence-corrected chi connectivity index (χ3v) is 5.56. The van der Waals surface area contributed by atoms with E-state index in [2.05, 4.69) is 0 Å². The van der Waals surface area contributed by atoms with E-state index in [1.807, 2.05) is 13.8 Å². The molecule has 1 aromatic carbocycles. The summed E-state index contributed by atoms with van der Waals surface area (Å²) in [5, 5.41) is 0. The fourth-order valence-electron chi connectivity index (χ4n) is 3.81. The van der Waals surface area contributed by atoms with E-state index in [-0.39, 0.29) is 35.8 Å². The van der Waals surface area contributed by atoms with Crippen LogP contribution in [0.4, 0.5) is 4.79 Å². The van der Waals surface area contributed by atoms with Crippen LogP contribution in [0.1, 0.15) is 50.4 Å². The summed E-state index contributed by atoms with van der Waals surface area (Å²) in [6, 6.07) is 6.38. The fraction of sp³-hybridized carbons (Fsp3) is 0.522. The normalized spacial score (nSPS) is 22.5. The van der Waals surface area contributed by atoms with Crippen LogP contribution in [-0.2, 0) is 19.0 Å². The Morgan fingerprint density at radius 2 is 1.81 bits per heavy atom. The SMILES string of the molecule is CCOC(=O)c1ccc(OC2=COC3CC(OC(=O)N(CC)CC)CCC3C2=O)cc1. The molecule has 8 nitrogen and oxygen atoms in total. The van der Waals surface area contributed by atoms with Crippen molar-refractivity contribution in [1.29, 1.82) is 0 Å². The van der Waals surface area contributed by atoms with Crippen LogP contribution >= 0.6 is 0 Å². The summed E-state index contributed by atoms with van der Waals surface area (Å²) in [7, 11) is 0. The van der Waals surface area contributed by atoms with Crippen LogP contribution in [0.2, 0.25) is 0 Å². The van der Waals surface area contributed by atoms with E-state index in [9.17, 15) is 14.4 Å². The van der Waals surface area contributed by atoms with E-state index >= 15 is 0 Å². The Hall–Kier alpha value is -3.03. The van der Waals surface area contributed by atoms with Crippen LogP contribution < -0.4 is 4.74 Å². The van der Waals surface area contributed by atoms with Crippen molar-refractivity contribution < 1.29 is 33.3 Å². The molecule has 31 heavy (non-hydrogen) atoms. The summed E-state index contributed by atoms with van der Waals surface area (Å²) in [5.74, 6) is -0.312. The maximum absolute atomic E-state index is 12.9. The average molecular weight is 431 g/mol. The van der Waals surface area contributed by atoms with Gasteiger partial charge < -0.3 is 23.8 Å². The summed E-state index contributed by atoms with van der Waals surface area (Å²) in [4.78, 5) is 38.4. The number of esters is 1. The first kappa shape index (κ1) is 22.7. The van der Waals surface area contributed by atoms with Crippen LogP contribution in [0.25, 0.3) is 0 Å². The molecular formula is C23H29NO7. The average Bonchev–Trinajstić information content (AvgIpc) is 2.77. The summed E-state index contributed by atoms with van der Waals surface area (Å²) in [6.07, 6.45) is 2.02. The summed E-state index contributed by atoms with van der Waals surface area (Å²) >= 11 is 0. The molecule has 1 aliphatic carbocycles. The zero-order chi connectivity index (χ0) is 22.4. The molecule has 0 aromatic heterocycles. The Balaban J connectivity index is 1.59. The Kier molecular flexibility index (Phi) is 7.55. The van der Waals surface area contributed by atoms with Gasteiger partial charge in [0.2, 0.25) is 11.5 Å². The van der Waals surface area contributed by atoms with Crippen molar-refractivity contribution in [1.82, 2.24) is 4.90 Å². The first-order chi connectivity index (χ1) is 15.0. The second-order valence-electron chi connectivity index (χ2n) is 7.47. The van der Waals surface area contributed by atoms with E-state index < -0.39 is 5.97 Å². The molecule has 0 saturated heterocycles. The third-order valence-electron chi connectivity index (χ3n) is 5.56. The number of ether oxygens (including phenoxy) is 4. The van der Waals surface area contributed by atoms with Crippen LogP contribution in [0, 0.1) is 5.92 Å². The Morgan fingerprint density at radius 1 is 1.10 bits per heavy atom. The Bertz CT molecular complexity index is 829. The standard InChI is InChI=1S/C23H29NO7/c1-4-24(5-2)23(27)31-17-11-12-18-19(13-17)29-14-20(21(18)25)30-16-9-7-15(8-10-16)22(26)28-6-3/h7-10,14,17-19H,4-6,11-13H2,1-3H3. The zero-order valence-corrected chi connectivity index (χ0v) is 18.2. The molecule has 168 valence electrons. The van der Waals surface area contributed by atoms with Crippen LogP contribution in [0.15, 0.2) is 36.3 Å². The topological polar surface area (TPSA) is 91.4 Å². The zero-order valence-electron chi connectivity index (χ0n) is 18.2. The highest BCUT2D eigenvalue weighted by atomic mass is 16.6. The smallest absolute Gasteiger partial charge is 0.410 e. The van der Waals surface area contributed by atoms with E-state index in [0.29, 0.717) is 50.3 Å². The van der Waals surface area contributed by atoms with E-state index in [1.165, 1.54) is 6.26 Å². The van der Waals surface area contributed by atoms with Crippen molar-refractivity contribution in [3.63, 3.8) is 0 Å². The maximum atomic E-state index is 12.9. The number of rotatable bonds is 7. The molecule has 0 radical (unpaired) electrons. The fourth-order valence-corrected chi connectivity index (χ4v) is 3.81. The minimum Gasteiger partial charge on any atom is -0.493 e. The van der Waals surface area contributed by atoms with Crippen LogP contribution in [0.5, 0.6) is 5.75 Å². The summed E-state index contributed by atoms with van der Waals surface area (Å²) in [5.41, 5.74) is 0.409. The van der Waals surface area contributed by atoms with Crippen LogP contribution in [-0.4, -0.2) is 54.7 Å². The monoisotopic (exact) mass is 431 g/mol. The third kappa shape index (κ3) is 5.37. The Morgan fingerprint density at radius 3 is 2.45 bits per heavy atom. The molecule has 1 saturated carbocycles. The van der Waals surface area contributed by atoms with Gasteiger partial charge in [-0.1, -0.05) is 0 Å². The molecule has 3 unspecified atom stereocenters. The first-order valence-corrected chi connectivity index (χ1v) is 10.8. The van der Waals surface area contributed by atoms with Crippen molar-refractivity contribution in [3.8, 4) is 5.75 Å². The van der Waals surface area contributed by atoms with Crippen LogP contribution in [0.3, 0.4) is 0 Å². The summed E-state index contributed by atoms with van der Waals surface area (Å²) < 4.78 is 22.0. The van der Waals surface area contributed by atoms with Gasteiger partial charge in [-0.05, 0) is 57.9 Å². The molecule has 3 atom stereocenters.